The summed E-state index contributed by atoms with van der Waals surface area (Å²) in [5.41, 5.74) is 0.948. The Balaban J connectivity index is 1.71. The molecule has 2 aromatic carbocycles. The number of Topliss-reactive ketones (excluding diaryl/α,β-unsaturated/α-hetero) is 1. The Morgan fingerprint density at radius 2 is 1.58 bits per heavy atom. The summed E-state index contributed by atoms with van der Waals surface area (Å²) in [6, 6.07) is 14.9. The Labute approximate surface area is 157 Å². The molecule has 0 radical (unpaired) electrons. The van der Waals surface area contributed by atoms with E-state index in [-0.39, 0.29) is 36.8 Å². The van der Waals surface area contributed by atoms with Crippen molar-refractivity contribution in [1.29, 1.82) is 0 Å². The van der Waals surface area contributed by atoms with Gasteiger partial charge < -0.3 is 5.32 Å². The summed E-state index contributed by atoms with van der Waals surface area (Å²) in [6.45, 7) is -0.0316. The summed E-state index contributed by atoms with van der Waals surface area (Å²) in [6.07, 6.45) is 0.0378. The minimum absolute atomic E-state index is 0.00633. The molecule has 138 valence electrons. The zero-order valence-electron chi connectivity index (χ0n) is 13.9. The quantitative estimate of drug-likeness (QED) is 0.639. The highest BCUT2D eigenvalue weighted by molar-refractivity contribution is 7.92. The van der Waals surface area contributed by atoms with Crippen molar-refractivity contribution in [3.05, 3.63) is 65.2 Å². The topological polar surface area (TPSA) is 92.3 Å². The number of nitrogens with one attached hydrogen (secondary N) is 2. The zero-order chi connectivity index (χ0) is 19.0. The Morgan fingerprint density at radius 3 is 2.23 bits per heavy atom. The molecule has 0 saturated carbocycles. The van der Waals surface area contributed by atoms with E-state index in [1.165, 1.54) is 0 Å². The summed E-state index contributed by atoms with van der Waals surface area (Å²) in [5.74, 6) is -0.795. The normalized spacial score (nSPS) is 11.0. The van der Waals surface area contributed by atoms with Crippen LogP contribution >= 0.6 is 11.6 Å². The molecule has 0 bridgehead atoms. The van der Waals surface area contributed by atoms with Crippen molar-refractivity contribution in [2.45, 2.75) is 12.8 Å². The minimum Gasteiger partial charge on any atom is -0.355 e. The van der Waals surface area contributed by atoms with E-state index in [0.29, 0.717) is 16.3 Å². The van der Waals surface area contributed by atoms with Gasteiger partial charge in [-0.2, -0.15) is 0 Å². The number of rotatable bonds is 9. The predicted molar refractivity (Wildman–Crippen MR) is 102 cm³/mol. The number of para-hydroxylation sites is 1. The molecule has 2 N–H and O–H groups in total. The first-order valence-electron chi connectivity index (χ1n) is 7.97. The maximum atomic E-state index is 12.0. The van der Waals surface area contributed by atoms with Crippen LogP contribution < -0.4 is 10.0 Å². The van der Waals surface area contributed by atoms with Gasteiger partial charge in [0.2, 0.25) is 15.9 Å². The number of anilines is 1. The lowest BCUT2D eigenvalue weighted by Crippen LogP contribution is -2.31. The second kappa shape index (κ2) is 9.35. The molecule has 0 aliphatic heterocycles. The summed E-state index contributed by atoms with van der Waals surface area (Å²) in [5, 5.41) is 3.04. The molecule has 26 heavy (non-hydrogen) atoms. The van der Waals surface area contributed by atoms with E-state index in [1.54, 1.807) is 54.6 Å². The van der Waals surface area contributed by atoms with Crippen LogP contribution in [-0.2, 0) is 14.8 Å². The molecule has 0 fully saturated rings. The van der Waals surface area contributed by atoms with Crippen LogP contribution in [0.3, 0.4) is 0 Å². The minimum atomic E-state index is -3.55. The largest absolute Gasteiger partial charge is 0.355 e. The first kappa shape index (κ1) is 19.9. The Hall–Kier alpha value is -2.38. The van der Waals surface area contributed by atoms with E-state index in [4.69, 9.17) is 11.6 Å². The van der Waals surface area contributed by atoms with Crippen LogP contribution in [0.25, 0.3) is 0 Å². The highest BCUT2D eigenvalue weighted by atomic mass is 35.5. The Bertz CT molecular complexity index is 853. The molecule has 8 heteroatoms. The molecule has 0 heterocycles. The smallest absolute Gasteiger partial charge is 0.234 e. The van der Waals surface area contributed by atoms with Crippen molar-refractivity contribution in [3.8, 4) is 0 Å². The van der Waals surface area contributed by atoms with Crippen LogP contribution in [0.5, 0.6) is 0 Å². The van der Waals surface area contributed by atoms with Crippen LogP contribution in [-0.4, -0.2) is 32.4 Å². The van der Waals surface area contributed by atoms with E-state index in [0.717, 1.165) is 0 Å². The zero-order valence-corrected chi connectivity index (χ0v) is 15.5. The number of ketones is 1. The van der Waals surface area contributed by atoms with Gasteiger partial charge in [0.05, 0.1) is 5.75 Å². The van der Waals surface area contributed by atoms with Crippen molar-refractivity contribution < 1.29 is 18.0 Å². The average molecular weight is 395 g/mol. The fourth-order valence-corrected chi connectivity index (χ4v) is 3.25. The number of halogens is 1. The van der Waals surface area contributed by atoms with Gasteiger partial charge in [0, 0.05) is 35.7 Å². The molecule has 0 saturated heterocycles. The molecule has 0 aliphatic carbocycles. The third-order valence-electron chi connectivity index (χ3n) is 3.49. The van der Waals surface area contributed by atoms with Gasteiger partial charge >= 0.3 is 0 Å². The summed E-state index contributed by atoms with van der Waals surface area (Å²) in [7, 11) is -3.55. The average Bonchev–Trinajstić information content (AvgIpc) is 2.60. The number of hydrogen-bond donors (Lipinski definition) is 2. The van der Waals surface area contributed by atoms with E-state index in [1.807, 2.05) is 0 Å². The second-order valence-electron chi connectivity index (χ2n) is 5.57. The highest BCUT2D eigenvalue weighted by Gasteiger charge is 2.12. The lowest BCUT2D eigenvalue weighted by atomic mass is 10.1. The monoisotopic (exact) mass is 394 g/mol. The van der Waals surface area contributed by atoms with Gasteiger partial charge in [0.1, 0.15) is 0 Å². The number of benzene rings is 2. The molecular weight excluding hydrogens is 376 g/mol. The molecule has 0 spiro atoms. The highest BCUT2D eigenvalue weighted by Crippen LogP contribution is 2.12. The van der Waals surface area contributed by atoms with Gasteiger partial charge in [0.25, 0.3) is 0 Å². The summed E-state index contributed by atoms with van der Waals surface area (Å²) < 4.78 is 26.3. The maximum absolute atomic E-state index is 12.0. The van der Waals surface area contributed by atoms with Gasteiger partial charge in [-0.3, -0.25) is 14.3 Å². The number of sulfonamides is 1. The number of hydrogen-bond acceptors (Lipinski definition) is 4. The van der Waals surface area contributed by atoms with Gasteiger partial charge in [-0.1, -0.05) is 29.8 Å². The van der Waals surface area contributed by atoms with E-state index >= 15 is 0 Å². The third-order valence-corrected chi connectivity index (χ3v) is 5.03. The van der Waals surface area contributed by atoms with Gasteiger partial charge in [-0.15, -0.1) is 0 Å². The lowest BCUT2D eigenvalue weighted by Gasteiger charge is -2.09. The van der Waals surface area contributed by atoms with Crippen LogP contribution in [0.4, 0.5) is 5.69 Å². The van der Waals surface area contributed by atoms with Crippen molar-refractivity contribution in [1.82, 2.24) is 5.32 Å². The van der Waals surface area contributed by atoms with Gasteiger partial charge in [0.15, 0.2) is 5.78 Å². The molecule has 0 unspecified atom stereocenters. The number of carbonyl (C=O) groups excluding carboxylic acids is 2. The second-order valence-corrected chi connectivity index (χ2v) is 7.85. The van der Waals surface area contributed by atoms with Crippen LogP contribution in [0.2, 0.25) is 5.02 Å². The Kier molecular flexibility index (Phi) is 7.17. The van der Waals surface area contributed by atoms with Crippen molar-refractivity contribution in [2.75, 3.05) is 17.0 Å². The predicted octanol–water partition coefficient (Wildman–Crippen LogP) is 2.86. The van der Waals surface area contributed by atoms with Crippen molar-refractivity contribution in [2.24, 2.45) is 0 Å². The van der Waals surface area contributed by atoms with E-state index in [2.05, 4.69) is 10.0 Å². The Morgan fingerprint density at radius 1 is 0.923 bits per heavy atom. The first-order chi connectivity index (χ1) is 12.4. The first-order valence-corrected chi connectivity index (χ1v) is 10.00. The van der Waals surface area contributed by atoms with E-state index < -0.39 is 10.0 Å². The molecule has 0 aromatic heterocycles. The molecule has 1 amide bonds. The lowest BCUT2D eigenvalue weighted by molar-refractivity contribution is -0.120. The maximum Gasteiger partial charge on any atom is 0.234 e. The molecular formula is C18H19ClN2O4S. The molecule has 0 aliphatic rings. The standard InChI is InChI=1S/C18H19ClN2O4S/c19-15-8-6-14(7-9-15)17(22)10-11-18(23)20-12-13-26(24,25)21-16-4-2-1-3-5-16/h1-9,21H,10-13H2,(H,20,23). The molecule has 6 nitrogen and oxygen atoms in total. The SMILES string of the molecule is O=C(CCC(=O)c1ccc(Cl)cc1)NCCS(=O)(=O)Nc1ccccc1. The fraction of sp³-hybridized carbons (Fsp3) is 0.222. The summed E-state index contributed by atoms with van der Waals surface area (Å²) in [4.78, 5) is 23.7. The fourth-order valence-electron chi connectivity index (χ4n) is 2.16. The number of carbonyl (C=O) groups is 2. The molecule has 2 aromatic rings. The van der Waals surface area contributed by atoms with Gasteiger partial charge in [-0.25, -0.2) is 8.42 Å². The van der Waals surface area contributed by atoms with Crippen molar-refractivity contribution >= 4 is 39.0 Å². The van der Waals surface area contributed by atoms with Crippen LogP contribution in [0, 0.1) is 0 Å². The summed E-state index contributed by atoms with van der Waals surface area (Å²) >= 11 is 5.76. The molecule has 2 rings (SSSR count). The third kappa shape index (κ3) is 6.85. The van der Waals surface area contributed by atoms with Crippen LogP contribution in [0.1, 0.15) is 23.2 Å². The van der Waals surface area contributed by atoms with E-state index in [9.17, 15) is 18.0 Å². The van der Waals surface area contributed by atoms with Crippen LogP contribution in [0.15, 0.2) is 54.6 Å². The molecule has 0 atom stereocenters. The van der Waals surface area contributed by atoms with Crippen molar-refractivity contribution in [3.63, 3.8) is 0 Å². The van der Waals surface area contributed by atoms with Gasteiger partial charge in [-0.05, 0) is 36.4 Å². The number of amides is 1.